The molecule has 0 fully saturated rings. The number of benzene rings is 1. The minimum Gasteiger partial charge on any atom is -0.492 e. The molecule has 0 spiro atoms. The molecule has 8 nitrogen and oxygen atoms in total. The molecule has 0 saturated carbocycles. The van der Waals surface area contributed by atoms with Crippen molar-refractivity contribution in [2.45, 2.75) is 25.2 Å². The topological polar surface area (TPSA) is 101 Å². The maximum Gasteiger partial charge on any atom is 0.255 e. The Hall–Kier alpha value is -4.14. The summed E-state index contributed by atoms with van der Waals surface area (Å²) in [6.45, 7) is 1.12. The summed E-state index contributed by atoms with van der Waals surface area (Å²) in [4.78, 5) is 25.9. The number of hydrogen-bond donors (Lipinski definition) is 3. The lowest BCUT2D eigenvalue weighted by Crippen LogP contribution is -2.35. The number of aromatic nitrogens is 3. The van der Waals surface area contributed by atoms with Gasteiger partial charge in [0, 0.05) is 36.0 Å². The lowest BCUT2D eigenvalue weighted by atomic mass is 9.91. The van der Waals surface area contributed by atoms with Crippen LogP contribution in [0, 0.1) is 5.82 Å². The predicted octanol–water partition coefficient (Wildman–Crippen LogP) is 4.91. The van der Waals surface area contributed by atoms with Gasteiger partial charge >= 0.3 is 0 Å². The van der Waals surface area contributed by atoms with Gasteiger partial charge in [0.15, 0.2) is 11.6 Å². The number of fused-ring (bicyclic) bond motifs is 3. The van der Waals surface area contributed by atoms with Gasteiger partial charge in [0.1, 0.15) is 5.52 Å². The van der Waals surface area contributed by atoms with E-state index in [0.29, 0.717) is 52.7 Å². The molecule has 0 radical (unpaired) electrons. The maximum atomic E-state index is 14.5. The highest BCUT2D eigenvalue weighted by Crippen LogP contribution is 2.43. The Bertz CT molecular complexity index is 1450. The molecule has 0 aliphatic carbocycles. The van der Waals surface area contributed by atoms with Gasteiger partial charge in [-0.25, -0.2) is 9.37 Å². The highest BCUT2D eigenvalue weighted by molar-refractivity contribution is 6.08. The van der Waals surface area contributed by atoms with Crippen molar-refractivity contribution in [3.63, 3.8) is 0 Å². The summed E-state index contributed by atoms with van der Waals surface area (Å²) in [6.07, 6.45) is 4.40. The van der Waals surface area contributed by atoms with E-state index in [0.717, 1.165) is 30.5 Å². The molecular weight excluding hydrogens is 449 g/mol. The van der Waals surface area contributed by atoms with E-state index in [4.69, 9.17) is 14.5 Å². The predicted molar refractivity (Wildman–Crippen MR) is 130 cm³/mol. The van der Waals surface area contributed by atoms with Gasteiger partial charge in [-0.1, -0.05) is 6.07 Å². The number of carbonyl (C=O) groups is 1. The van der Waals surface area contributed by atoms with Crippen LogP contribution in [0.25, 0.3) is 22.3 Å². The number of aromatic amines is 1. The quantitative estimate of drug-likeness (QED) is 0.391. The molecule has 2 aliphatic rings. The van der Waals surface area contributed by atoms with Crippen LogP contribution in [-0.2, 0) is 0 Å². The molecule has 9 heteroatoms. The third-order valence-electron chi connectivity index (χ3n) is 6.63. The normalized spacial score (nSPS) is 17.1. The van der Waals surface area contributed by atoms with Crippen LogP contribution in [0.5, 0.6) is 11.6 Å². The molecule has 1 atom stereocenters. The first-order chi connectivity index (χ1) is 17.1. The minimum atomic E-state index is -0.495. The Balaban J connectivity index is 1.63. The summed E-state index contributed by atoms with van der Waals surface area (Å²) in [5.41, 5.74) is 5.14. The van der Waals surface area contributed by atoms with Crippen LogP contribution in [0.15, 0.2) is 42.6 Å². The number of nitrogens with one attached hydrogen (secondary N) is 3. The van der Waals surface area contributed by atoms with Crippen LogP contribution in [0.3, 0.4) is 0 Å². The summed E-state index contributed by atoms with van der Waals surface area (Å²) in [5, 5.41) is 6.34. The number of H-pyrrole nitrogens is 1. The van der Waals surface area contributed by atoms with Crippen molar-refractivity contribution in [2.24, 2.45) is 0 Å². The minimum absolute atomic E-state index is 0.0731. The molecule has 178 valence electrons. The number of hydrogen-bond acceptors (Lipinski definition) is 6. The Morgan fingerprint density at radius 2 is 2.11 bits per heavy atom. The average Bonchev–Trinajstić information content (AvgIpc) is 3.24. The first kappa shape index (κ1) is 21.4. The highest BCUT2D eigenvalue weighted by Gasteiger charge is 2.33. The zero-order chi connectivity index (χ0) is 23.9. The van der Waals surface area contributed by atoms with Crippen LogP contribution in [-0.4, -0.2) is 41.1 Å². The van der Waals surface area contributed by atoms with Crippen molar-refractivity contribution < 1.29 is 18.7 Å². The van der Waals surface area contributed by atoms with Crippen molar-refractivity contribution in [3.8, 4) is 22.9 Å². The second kappa shape index (κ2) is 8.57. The van der Waals surface area contributed by atoms with E-state index in [1.54, 1.807) is 18.3 Å². The molecule has 0 saturated heterocycles. The number of para-hydroxylation sites is 1. The van der Waals surface area contributed by atoms with E-state index in [-0.39, 0.29) is 17.6 Å². The first-order valence-corrected chi connectivity index (χ1v) is 11.7. The molecular formula is C26H24FN5O3. The zero-order valence-electron chi connectivity index (χ0n) is 19.2. The average molecular weight is 474 g/mol. The highest BCUT2D eigenvalue weighted by atomic mass is 19.1. The van der Waals surface area contributed by atoms with Gasteiger partial charge in [-0.3, -0.25) is 9.78 Å². The van der Waals surface area contributed by atoms with Gasteiger partial charge in [0.05, 0.1) is 41.9 Å². The summed E-state index contributed by atoms with van der Waals surface area (Å²) >= 11 is 0. The molecule has 3 N–H and O–H groups in total. The van der Waals surface area contributed by atoms with Crippen molar-refractivity contribution in [1.82, 2.24) is 20.3 Å². The summed E-state index contributed by atoms with van der Waals surface area (Å²) < 4.78 is 25.7. The van der Waals surface area contributed by atoms with E-state index < -0.39 is 5.82 Å². The number of amides is 1. The largest absolute Gasteiger partial charge is 0.492 e. The van der Waals surface area contributed by atoms with E-state index in [1.807, 2.05) is 18.2 Å². The Kier molecular flexibility index (Phi) is 5.24. The number of halogens is 1. The second-order valence-electron chi connectivity index (χ2n) is 8.74. The van der Waals surface area contributed by atoms with Crippen molar-refractivity contribution >= 4 is 28.3 Å². The van der Waals surface area contributed by atoms with Gasteiger partial charge in [-0.05, 0) is 43.5 Å². The number of anilines is 2. The standard InChI is InChI=1S/C26H24FN5O3/c1-34-25-16(27)6-4-7-18(25)30-24-20-21-14(13-29-26(20)33)5-2-3-12-35-19-9-8-17-22(31-19)15(10-11-28-17)23(24)32-21/h4,6-11,14,30,32H,2-3,5,12-13H2,1H3,(H,29,33)/t14-/m0/s1. The summed E-state index contributed by atoms with van der Waals surface area (Å²) in [7, 11) is 1.42. The molecule has 4 bridgehead atoms. The van der Waals surface area contributed by atoms with Gasteiger partial charge in [-0.15, -0.1) is 0 Å². The lowest BCUT2D eigenvalue weighted by molar-refractivity contribution is 0.0939. The fraction of sp³-hybridized carbons (Fsp3) is 0.269. The zero-order valence-corrected chi connectivity index (χ0v) is 19.2. The fourth-order valence-corrected chi connectivity index (χ4v) is 4.95. The third kappa shape index (κ3) is 3.63. The molecule has 1 amide bonds. The number of pyridine rings is 2. The summed E-state index contributed by atoms with van der Waals surface area (Å²) in [5.74, 6) is 0.0371. The molecule has 4 aromatic rings. The van der Waals surface area contributed by atoms with E-state index in [2.05, 4.69) is 20.6 Å². The number of carbonyl (C=O) groups excluding carboxylic acids is 1. The third-order valence-corrected chi connectivity index (χ3v) is 6.63. The van der Waals surface area contributed by atoms with Crippen LogP contribution in [0.4, 0.5) is 15.8 Å². The number of rotatable bonds is 3. The Morgan fingerprint density at radius 1 is 1.20 bits per heavy atom. The van der Waals surface area contributed by atoms with Gasteiger partial charge in [0.25, 0.3) is 5.91 Å². The Labute approximate surface area is 200 Å². The van der Waals surface area contributed by atoms with E-state index in [1.165, 1.54) is 13.2 Å². The fourth-order valence-electron chi connectivity index (χ4n) is 4.95. The molecule has 0 unspecified atom stereocenters. The SMILES string of the molecule is COc1c(F)cccc1Nc1c2[nH]c3c1C(=O)NC[C@@H]3CCCCOc1ccc3nccc-2c3n1. The van der Waals surface area contributed by atoms with Crippen LogP contribution < -0.4 is 20.1 Å². The molecule has 35 heavy (non-hydrogen) atoms. The van der Waals surface area contributed by atoms with Crippen molar-refractivity contribution in [1.29, 1.82) is 0 Å². The molecule has 3 aromatic heterocycles. The number of nitrogens with zero attached hydrogens (tertiary/aromatic N) is 2. The van der Waals surface area contributed by atoms with E-state index in [9.17, 15) is 9.18 Å². The molecule has 1 aromatic carbocycles. The van der Waals surface area contributed by atoms with Gasteiger partial charge < -0.3 is 25.1 Å². The smallest absolute Gasteiger partial charge is 0.255 e. The summed E-state index contributed by atoms with van der Waals surface area (Å²) in [6, 6.07) is 10.2. The molecule has 6 rings (SSSR count). The van der Waals surface area contributed by atoms with Crippen LogP contribution in [0.2, 0.25) is 0 Å². The van der Waals surface area contributed by atoms with Crippen molar-refractivity contribution in [3.05, 3.63) is 59.7 Å². The monoisotopic (exact) mass is 473 g/mol. The van der Waals surface area contributed by atoms with Crippen LogP contribution >= 0.6 is 0 Å². The number of methoxy groups -OCH3 is 1. The lowest BCUT2D eigenvalue weighted by Gasteiger charge is -2.24. The number of ether oxygens (including phenoxy) is 2. The van der Waals surface area contributed by atoms with Crippen molar-refractivity contribution in [2.75, 3.05) is 25.6 Å². The van der Waals surface area contributed by atoms with Crippen LogP contribution in [0.1, 0.15) is 41.2 Å². The van der Waals surface area contributed by atoms with E-state index >= 15 is 0 Å². The Morgan fingerprint density at radius 3 is 3.00 bits per heavy atom. The first-order valence-electron chi connectivity index (χ1n) is 11.7. The molecule has 5 heterocycles. The van der Waals surface area contributed by atoms with Gasteiger partial charge in [-0.2, -0.15) is 0 Å². The second-order valence-corrected chi connectivity index (χ2v) is 8.74. The maximum absolute atomic E-state index is 14.5. The van der Waals surface area contributed by atoms with Gasteiger partial charge in [0.2, 0.25) is 5.88 Å². The molecule has 2 aliphatic heterocycles.